The fourth-order valence-electron chi connectivity index (χ4n) is 2.47. The fraction of sp³-hybridized carbons (Fsp3) is 0.636. The molecule has 5 heteroatoms. The topological polar surface area (TPSA) is 74.6 Å². The number of hydrogen-bond donors (Lipinski definition) is 2. The summed E-state index contributed by atoms with van der Waals surface area (Å²) in [5.41, 5.74) is -1.00. The van der Waals surface area contributed by atoms with E-state index in [1.807, 2.05) is 26.6 Å². The summed E-state index contributed by atoms with van der Waals surface area (Å²) in [6.07, 6.45) is 1.36. The van der Waals surface area contributed by atoms with Crippen molar-refractivity contribution in [3.8, 4) is 0 Å². The van der Waals surface area contributed by atoms with E-state index in [1.54, 1.807) is 0 Å². The van der Waals surface area contributed by atoms with Gasteiger partial charge >= 0.3 is 11.9 Å². The van der Waals surface area contributed by atoms with Gasteiger partial charge in [0.15, 0.2) is 0 Å². The van der Waals surface area contributed by atoms with E-state index in [1.165, 1.54) is 0 Å². The van der Waals surface area contributed by atoms with Gasteiger partial charge in [-0.3, -0.25) is 9.59 Å². The average Bonchev–Trinajstić information content (AvgIpc) is 2.74. The van der Waals surface area contributed by atoms with Gasteiger partial charge in [0.1, 0.15) is 0 Å². The van der Waals surface area contributed by atoms with Crippen LogP contribution in [0.2, 0.25) is 19.6 Å². The molecule has 0 aromatic carbocycles. The maximum absolute atomic E-state index is 11.3. The highest BCUT2D eigenvalue weighted by atomic mass is 28.3. The molecule has 0 atom stereocenters. The zero-order chi connectivity index (χ0) is 12.7. The summed E-state index contributed by atoms with van der Waals surface area (Å²) in [4.78, 5) is 22.5. The van der Waals surface area contributed by atoms with E-state index in [0.717, 1.165) is 6.42 Å². The predicted molar refractivity (Wildman–Crippen MR) is 63.0 cm³/mol. The van der Waals surface area contributed by atoms with Crippen LogP contribution in [0.1, 0.15) is 19.8 Å². The Morgan fingerprint density at radius 3 is 1.81 bits per heavy atom. The van der Waals surface area contributed by atoms with Crippen LogP contribution in [0, 0.1) is 5.41 Å². The molecule has 0 aromatic heterocycles. The first-order chi connectivity index (χ1) is 7.20. The van der Waals surface area contributed by atoms with Gasteiger partial charge < -0.3 is 10.2 Å². The van der Waals surface area contributed by atoms with E-state index in [9.17, 15) is 19.8 Å². The van der Waals surface area contributed by atoms with Crippen molar-refractivity contribution in [2.45, 2.75) is 39.4 Å². The molecule has 2 N–H and O–H groups in total. The molecule has 0 fully saturated rings. The third-order valence-electron chi connectivity index (χ3n) is 2.96. The summed E-state index contributed by atoms with van der Waals surface area (Å²) >= 11 is 0. The lowest BCUT2D eigenvalue weighted by molar-refractivity contribution is -0.155. The number of carboxylic acid groups (broad SMARTS) is 2. The Bertz CT molecular complexity index is 362. The zero-order valence-corrected chi connectivity index (χ0v) is 11.1. The molecule has 4 nitrogen and oxygen atoms in total. The first-order valence-corrected chi connectivity index (χ1v) is 8.92. The number of carboxylic acids is 2. The first kappa shape index (κ1) is 13.0. The standard InChI is InChI=1S/C11H18O4Si/c1-5-6-7-8(16(2,3)4)11(7,9(12)13)10(14)15/h5-6H2,1-4H3,(H,12,13)(H,14,15). The lowest BCUT2D eigenvalue weighted by Gasteiger charge is -2.17. The minimum atomic E-state index is -1.87. The molecule has 0 saturated heterocycles. The van der Waals surface area contributed by atoms with Gasteiger partial charge in [0.05, 0.1) is 8.07 Å². The summed E-state index contributed by atoms with van der Waals surface area (Å²) in [5.74, 6) is -2.44. The van der Waals surface area contributed by atoms with Crippen LogP contribution in [0.3, 0.4) is 0 Å². The minimum absolute atomic E-state index is 0.582. The molecule has 0 bridgehead atoms. The second kappa shape index (κ2) is 3.73. The Labute approximate surface area is 96.0 Å². The minimum Gasteiger partial charge on any atom is -0.480 e. The molecule has 16 heavy (non-hydrogen) atoms. The molecule has 1 rings (SSSR count). The van der Waals surface area contributed by atoms with E-state index in [-0.39, 0.29) is 0 Å². The maximum atomic E-state index is 11.3. The van der Waals surface area contributed by atoms with Crippen LogP contribution in [0.4, 0.5) is 0 Å². The van der Waals surface area contributed by atoms with Crippen LogP contribution in [-0.4, -0.2) is 30.2 Å². The van der Waals surface area contributed by atoms with Crippen LogP contribution >= 0.6 is 0 Å². The van der Waals surface area contributed by atoms with Gasteiger partial charge in [0.25, 0.3) is 0 Å². The number of rotatable bonds is 5. The van der Waals surface area contributed by atoms with Gasteiger partial charge in [0.2, 0.25) is 5.41 Å². The van der Waals surface area contributed by atoms with Gasteiger partial charge in [-0.25, -0.2) is 0 Å². The normalized spacial score (nSPS) is 18.5. The van der Waals surface area contributed by atoms with Gasteiger partial charge in [-0.2, -0.15) is 0 Å². The molecular formula is C11H18O4Si. The van der Waals surface area contributed by atoms with Crippen molar-refractivity contribution in [3.05, 3.63) is 10.8 Å². The van der Waals surface area contributed by atoms with Crippen molar-refractivity contribution in [2.75, 3.05) is 0 Å². The zero-order valence-electron chi connectivity index (χ0n) is 10.1. The summed E-state index contributed by atoms with van der Waals surface area (Å²) in [6.45, 7) is 7.91. The number of carbonyl (C=O) groups is 2. The smallest absolute Gasteiger partial charge is 0.329 e. The van der Waals surface area contributed by atoms with Crippen LogP contribution in [0.25, 0.3) is 0 Å². The number of hydrogen-bond acceptors (Lipinski definition) is 2. The Morgan fingerprint density at radius 2 is 1.62 bits per heavy atom. The van der Waals surface area contributed by atoms with Crippen molar-refractivity contribution in [1.82, 2.24) is 0 Å². The summed E-state index contributed by atoms with van der Waals surface area (Å²) < 4.78 is 0. The monoisotopic (exact) mass is 242 g/mol. The van der Waals surface area contributed by atoms with Crippen molar-refractivity contribution in [1.29, 1.82) is 0 Å². The molecule has 0 amide bonds. The molecule has 0 radical (unpaired) electrons. The molecule has 0 spiro atoms. The quantitative estimate of drug-likeness (QED) is 0.572. The van der Waals surface area contributed by atoms with Crippen LogP contribution in [0.15, 0.2) is 10.8 Å². The Morgan fingerprint density at radius 1 is 1.19 bits per heavy atom. The van der Waals surface area contributed by atoms with Gasteiger partial charge in [-0.1, -0.05) is 33.0 Å². The highest BCUT2D eigenvalue weighted by Gasteiger charge is 2.67. The van der Waals surface area contributed by atoms with Crippen molar-refractivity contribution in [2.24, 2.45) is 5.41 Å². The third-order valence-corrected chi connectivity index (χ3v) is 5.14. The molecule has 0 unspecified atom stereocenters. The lowest BCUT2D eigenvalue weighted by atomic mass is 9.99. The summed E-state index contributed by atoms with van der Waals surface area (Å²) in [6, 6.07) is 0. The van der Waals surface area contributed by atoms with E-state index >= 15 is 0 Å². The summed E-state index contributed by atoms with van der Waals surface area (Å²) in [7, 11) is -1.87. The highest BCUT2D eigenvalue weighted by molar-refractivity contribution is 6.86. The predicted octanol–water partition coefficient (Wildman–Crippen LogP) is 2.13. The summed E-state index contributed by atoms with van der Waals surface area (Å²) in [5, 5.41) is 19.1. The molecule has 0 aromatic rings. The molecule has 90 valence electrons. The Kier molecular flexibility index (Phi) is 3.02. The highest BCUT2D eigenvalue weighted by Crippen LogP contribution is 2.59. The van der Waals surface area contributed by atoms with Crippen LogP contribution in [-0.2, 0) is 9.59 Å². The lowest BCUT2D eigenvalue weighted by Crippen LogP contribution is -2.36. The SMILES string of the molecule is CCCC1=C([Si](C)(C)C)C1(C(=O)O)C(=O)O. The second-order valence-corrected chi connectivity index (χ2v) is 10.2. The van der Waals surface area contributed by atoms with Gasteiger partial charge in [-0.05, 0) is 17.2 Å². The Balaban J connectivity index is 3.20. The van der Waals surface area contributed by atoms with Crippen molar-refractivity contribution < 1.29 is 19.8 Å². The van der Waals surface area contributed by atoms with E-state index in [2.05, 4.69) is 0 Å². The molecule has 1 aliphatic rings. The second-order valence-electron chi connectivity index (χ2n) is 5.21. The molecule has 1 aliphatic carbocycles. The third kappa shape index (κ3) is 1.59. The van der Waals surface area contributed by atoms with Gasteiger partial charge in [-0.15, -0.1) is 0 Å². The average molecular weight is 242 g/mol. The van der Waals surface area contributed by atoms with E-state index < -0.39 is 25.4 Å². The van der Waals surface area contributed by atoms with Gasteiger partial charge in [0, 0.05) is 0 Å². The Hall–Kier alpha value is -1.10. The molecule has 0 saturated carbocycles. The van der Waals surface area contributed by atoms with Crippen molar-refractivity contribution >= 4 is 20.0 Å². The largest absolute Gasteiger partial charge is 0.480 e. The maximum Gasteiger partial charge on any atom is 0.329 e. The van der Waals surface area contributed by atoms with E-state index in [0.29, 0.717) is 17.2 Å². The van der Waals surface area contributed by atoms with Crippen LogP contribution in [0.5, 0.6) is 0 Å². The fourth-order valence-corrected chi connectivity index (χ4v) is 5.12. The van der Waals surface area contributed by atoms with Crippen molar-refractivity contribution in [3.63, 3.8) is 0 Å². The van der Waals surface area contributed by atoms with E-state index in [4.69, 9.17) is 0 Å². The molecule has 0 heterocycles. The molecule has 0 aliphatic heterocycles. The van der Waals surface area contributed by atoms with Crippen LogP contribution < -0.4 is 0 Å². The first-order valence-electron chi connectivity index (χ1n) is 5.42. The number of aliphatic carboxylic acids is 2. The molecular weight excluding hydrogens is 224 g/mol.